The number of benzene rings is 2. The van der Waals surface area contributed by atoms with E-state index in [4.69, 9.17) is 9.47 Å². The van der Waals surface area contributed by atoms with Gasteiger partial charge in [0.25, 0.3) is 0 Å². The Hall–Kier alpha value is -4.09. The van der Waals surface area contributed by atoms with Gasteiger partial charge in [-0.15, -0.1) is 23.1 Å². The fourth-order valence-electron chi connectivity index (χ4n) is 4.97. The number of carbonyl (C=O) groups excluding carboxylic acids is 4. The molecule has 2 aromatic carbocycles. The molecule has 224 valence electrons. The van der Waals surface area contributed by atoms with Crippen LogP contribution in [-0.4, -0.2) is 57.6 Å². The number of nitrogens with zero attached hydrogens (tertiary/aromatic N) is 1. The van der Waals surface area contributed by atoms with Gasteiger partial charge in [-0.25, -0.2) is 9.59 Å². The van der Waals surface area contributed by atoms with Crippen molar-refractivity contribution in [3.05, 3.63) is 106 Å². The van der Waals surface area contributed by atoms with Crippen LogP contribution in [0, 0.1) is 0 Å². The summed E-state index contributed by atoms with van der Waals surface area (Å²) in [7, 11) is 0. The van der Waals surface area contributed by atoms with Gasteiger partial charge in [-0.3, -0.25) is 9.59 Å². The zero-order chi connectivity index (χ0) is 30.7. The molecular formula is C32H33N3O6S2. The molecule has 9 nitrogen and oxygen atoms in total. The highest BCUT2D eigenvalue weighted by Crippen LogP contribution is 2.41. The standard InChI is InChI=1S/C32H33N3O6S2/c1-19-18-43-29-24(33-27(36)23(22-16-11-17-42-22)34-31(39)41-32(2,3)4)28(37)35(29)25(19)30(38)40-26(20-12-7-5-8-13-20)21-14-9-6-10-15-21/h5-17,23-26,29H,1,18H2,2-4H3,(H,33,36)(H,34,39)/t23?,24-,25-,29+/m1/s1. The number of fused-ring (bicyclic) bond motifs is 1. The van der Waals surface area contributed by atoms with Crippen molar-refractivity contribution in [1.82, 2.24) is 15.5 Å². The highest BCUT2D eigenvalue weighted by Gasteiger charge is 2.57. The van der Waals surface area contributed by atoms with Gasteiger partial charge in [-0.1, -0.05) is 73.3 Å². The van der Waals surface area contributed by atoms with Gasteiger partial charge in [-0.2, -0.15) is 0 Å². The van der Waals surface area contributed by atoms with E-state index < -0.39 is 59.1 Å². The van der Waals surface area contributed by atoms with Gasteiger partial charge in [0, 0.05) is 10.6 Å². The minimum Gasteiger partial charge on any atom is -0.451 e. The molecule has 3 heterocycles. The van der Waals surface area contributed by atoms with Gasteiger partial charge in [0.2, 0.25) is 11.8 Å². The second-order valence-corrected chi connectivity index (χ2v) is 13.3. The summed E-state index contributed by atoms with van der Waals surface area (Å²) in [5.74, 6) is -1.16. The Bertz CT molecular complexity index is 1450. The number of carbonyl (C=O) groups is 4. The zero-order valence-electron chi connectivity index (χ0n) is 24.0. The average Bonchev–Trinajstić information content (AvgIpc) is 3.52. The molecule has 1 unspecified atom stereocenters. The number of hydrogen-bond acceptors (Lipinski definition) is 8. The summed E-state index contributed by atoms with van der Waals surface area (Å²) in [6.45, 7) is 9.25. The van der Waals surface area contributed by atoms with E-state index in [9.17, 15) is 19.2 Å². The molecule has 0 aliphatic carbocycles. The summed E-state index contributed by atoms with van der Waals surface area (Å²) in [5, 5.41) is 6.70. The summed E-state index contributed by atoms with van der Waals surface area (Å²) in [4.78, 5) is 55.2. The number of thiophene rings is 1. The molecule has 2 fully saturated rings. The van der Waals surface area contributed by atoms with E-state index in [0.717, 1.165) is 11.1 Å². The lowest BCUT2D eigenvalue weighted by Gasteiger charge is -2.53. The van der Waals surface area contributed by atoms with Crippen LogP contribution in [0.4, 0.5) is 4.79 Å². The molecule has 3 amide bonds. The number of ether oxygens (including phenoxy) is 2. The predicted octanol–water partition coefficient (Wildman–Crippen LogP) is 4.97. The number of rotatable bonds is 8. The molecule has 11 heteroatoms. The number of esters is 1. The molecule has 2 saturated heterocycles. The fourth-order valence-corrected chi connectivity index (χ4v) is 7.05. The van der Waals surface area contributed by atoms with Crippen molar-refractivity contribution in [3.8, 4) is 0 Å². The Morgan fingerprint density at radius 2 is 1.60 bits per heavy atom. The predicted molar refractivity (Wildman–Crippen MR) is 165 cm³/mol. The van der Waals surface area contributed by atoms with E-state index in [1.54, 1.807) is 38.3 Å². The van der Waals surface area contributed by atoms with Crippen molar-refractivity contribution >= 4 is 47.0 Å². The van der Waals surface area contributed by atoms with E-state index in [1.165, 1.54) is 28.0 Å². The van der Waals surface area contributed by atoms with Gasteiger partial charge in [0.1, 0.15) is 23.1 Å². The molecule has 0 saturated carbocycles. The number of hydrogen-bond donors (Lipinski definition) is 2. The molecule has 0 bridgehead atoms. The molecular weight excluding hydrogens is 587 g/mol. The van der Waals surface area contributed by atoms with E-state index in [-0.39, 0.29) is 0 Å². The van der Waals surface area contributed by atoms with Gasteiger partial charge in [-0.05, 0) is 48.9 Å². The minimum atomic E-state index is -1.06. The Morgan fingerprint density at radius 3 is 2.16 bits per heavy atom. The first-order chi connectivity index (χ1) is 20.5. The molecule has 2 aliphatic rings. The van der Waals surface area contributed by atoms with E-state index >= 15 is 0 Å². The smallest absolute Gasteiger partial charge is 0.408 e. The van der Waals surface area contributed by atoms with Crippen LogP contribution >= 0.6 is 23.1 Å². The molecule has 2 N–H and O–H groups in total. The molecule has 0 spiro atoms. The maximum Gasteiger partial charge on any atom is 0.408 e. The second-order valence-electron chi connectivity index (χ2n) is 11.2. The van der Waals surface area contributed by atoms with Crippen molar-refractivity contribution in [2.75, 3.05) is 5.75 Å². The topological polar surface area (TPSA) is 114 Å². The van der Waals surface area contributed by atoms with Crippen molar-refractivity contribution in [3.63, 3.8) is 0 Å². The average molecular weight is 620 g/mol. The largest absolute Gasteiger partial charge is 0.451 e. The van der Waals surface area contributed by atoms with Crippen LogP contribution in [-0.2, 0) is 23.9 Å². The van der Waals surface area contributed by atoms with Crippen LogP contribution in [0.2, 0.25) is 0 Å². The lowest BCUT2D eigenvalue weighted by Crippen LogP contribution is -2.75. The normalized spacial score (nSPS) is 20.5. The Kier molecular flexibility index (Phi) is 8.93. The Morgan fingerprint density at radius 1 is 0.977 bits per heavy atom. The maximum absolute atomic E-state index is 13.7. The summed E-state index contributed by atoms with van der Waals surface area (Å²) in [6, 6.07) is 19.4. The van der Waals surface area contributed by atoms with Crippen LogP contribution in [0.3, 0.4) is 0 Å². The third-order valence-corrected chi connectivity index (χ3v) is 9.21. The van der Waals surface area contributed by atoms with Crippen LogP contribution in [0.1, 0.15) is 48.9 Å². The van der Waals surface area contributed by atoms with Crippen LogP contribution < -0.4 is 10.6 Å². The van der Waals surface area contributed by atoms with Crippen molar-refractivity contribution in [2.45, 2.75) is 56.0 Å². The van der Waals surface area contributed by atoms with Gasteiger partial charge in [0.05, 0.1) is 0 Å². The molecule has 2 aliphatic heterocycles. The fraction of sp³-hybridized carbons (Fsp3) is 0.312. The monoisotopic (exact) mass is 619 g/mol. The quantitative estimate of drug-likeness (QED) is 0.208. The number of β-lactam (4-membered cyclic amide) rings is 1. The van der Waals surface area contributed by atoms with Gasteiger partial charge >= 0.3 is 12.1 Å². The number of amides is 3. The third-order valence-electron chi connectivity index (χ3n) is 6.89. The van der Waals surface area contributed by atoms with Crippen molar-refractivity contribution in [1.29, 1.82) is 0 Å². The van der Waals surface area contributed by atoms with Crippen LogP contribution in [0.15, 0.2) is 90.3 Å². The Labute approximate surface area is 258 Å². The van der Waals surface area contributed by atoms with Crippen molar-refractivity contribution in [2.24, 2.45) is 0 Å². The number of alkyl carbamates (subject to hydrolysis) is 1. The van der Waals surface area contributed by atoms with E-state index in [0.29, 0.717) is 16.2 Å². The molecule has 3 aromatic rings. The minimum absolute atomic E-state index is 0.409. The van der Waals surface area contributed by atoms with Gasteiger partial charge in [0.15, 0.2) is 12.1 Å². The molecule has 1 aromatic heterocycles. The van der Waals surface area contributed by atoms with E-state index in [2.05, 4.69) is 17.2 Å². The zero-order valence-corrected chi connectivity index (χ0v) is 25.7. The van der Waals surface area contributed by atoms with E-state index in [1.807, 2.05) is 60.7 Å². The summed E-state index contributed by atoms with van der Waals surface area (Å²) in [5.41, 5.74) is 1.39. The highest BCUT2D eigenvalue weighted by atomic mass is 32.2. The van der Waals surface area contributed by atoms with Crippen molar-refractivity contribution < 1.29 is 28.7 Å². The highest BCUT2D eigenvalue weighted by molar-refractivity contribution is 8.00. The summed E-state index contributed by atoms with van der Waals surface area (Å²) >= 11 is 2.71. The Balaban J connectivity index is 1.31. The molecule has 0 radical (unpaired) electrons. The van der Waals surface area contributed by atoms with Crippen LogP contribution in [0.25, 0.3) is 0 Å². The molecule has 43 heavy (non-hydrogen) atoms. The first-order valence-electron chi connectivity index (χ1n) is 13.8. The third kappa shape index (κ3) is 6.78. The van der Waals surface area contributed by atoms with Gasteiger partial charge < -0.3 is 25.0 Å². The molecule has 4 atom stereocenters. The summed E-state index contributed by atoms with van der Waals surface area (Å²) in [6.07, 6.45) is -1.42. The second kappa shape index (κ2) is 12.6. The van der Waals surface area contributed by atoms with Crippen LogP contribution in [0.5, 0.6) is 0 Å². The first kappa shape index (κ1) is 30.4. The maximum atomic E-state index is 13.7. The number of nitrogens with one attached hydrogen (secondary N) is 2. The summed E-state index contributed by atoms with van der Waals surface area (Å²) < 4.78 is 11.4. The molecule has 5 rings (SSSR count). The lowest BCUT2D eigenvalue weighted by atomic mass is 9.97. The lowest BCUT2D eigenvalue weighted by molar-refractivity contribution is -0.165. The SMILES string of the molecule is C=C1CS[C@H]2[C@H](NC(=O)C(NC(=O)OC(C)(C)C)c3cccs3)C(=O)N2[C@H]1C(=O)OC(c1ccccc1)c1ccccc1. The number of thioether (sulfide) groups is 1. The first-order valence-corrected chi connectivity index (χ1v) is 15.7.